The number of halogens is 2. The van der Waals surface area contributed by atoms with Gasteiger partial charge in [-0.25, -0.2) is 9.82 Å². The van der Waals surface area contributed by atoms with Gasteiger partial charge in [0.15, 0.2) is 0 Å². The number of carbonyl (C=O) groups excluding carboxylic acids is 2. The van der Waals surface area contributed by atoms with Crippen LogP contribution < -0.4 is 10.7 Å². The lowest BCUT2D eigenvalue weighted by atomic mass is 10.2. The van der Waals surface area contributed by atoms with Crippen molar-refractivity contribution in [2.75, 3.05) is 5.32 Å². The zero-order valence-corrected chi connectivity index (χ0v) is 12.8. The molecule has 0 aliphatic rings. The number of anilines is 1. The summed E-state index contributed by atoms with van der Waals surface area (Å²) in [5, 5.41) is 5.94. The number of carbonyl (C=O) groups is 2. The Hall–Kier alpha value is -2.54. The third-order valence-corrected chi connectivity index (χ3v) is 3.07. The fraction of sp³-hybridized carbons (Fsp3) is 0. The van der Waals surface area contributed by atoms with Crippen LogP contribution in [0.25, 0.3) is 0 Å². The molecule has 112 valence electrons. The van der Waals surface area contributed by atoms with Crippen LogP contribution in [0.1, 0.15) is 5.56 Å². The van der Waals surface area contributed by atoms with E-state index in [0.717, 1.165) is 16.1 Å². The molecule has 2 rings (SSSR count). The SMILES string of the molecule is O=C(N/N=C/c1ccc(Br)cc1)C(=O)Nc1cccc(F)c1. The second kappa shape index (κ2) is 7.46. The van der Waals surface area contributed by atoms with Crippen molar-refractivity contribution in [1.82, 2.24) is 5.43 Å². The van der Waals surface area contributed by atoms with Crippen molar-refractivity contribution >= 4 is 39.6 Å². The highest BCUT2D eigenvalue weighted by atomic mass is 79.9. The summed E-state index contributed by atoms with van der Waals surface area (Å²) in [6.07, 6.45) is 1.40. The highest BCUT2D eigenvalue weighted by Gasteiger charge is 2.12. The molecule has 0 aliphatic carbocycles. The third-order valence-electron chi connectivity index (χ3n) is 2.54. The minimum atomic E-state index is -0.947. The first-order valence-corrected chi connectivity index (χ1v) is 6.99. The Bertz CT molecular complexity index is 717. The number of hydrogen-bond acceptors (Lipinski definition) is 3. The van der Waals surface area contributed by atoms with Gasteiger partial charge in [-0.3, -0.25) is 9.59 Å². The maximum Gasteiger partial charge on any atom is 0.329 e. The van der Waals surface area contributed by atoms with E-state index in [1.807, 2.05) is 12.1 Å². The molecule has 22 heavy (non-hydrogen) atoms. The number of benzene rings is 2. The van der Waals surface area contributed by atoms with Crippen molar-refractivity contribution in [1.29, 1.82) is 0 Å². The zero-order valence-electron chi connectivity index (χ0n) is 11.2. The van der Waals surface area contributed by atoms with E-state index in [4.69, 9.17) is 0 Å². The highest BCUT2D eigenvalue weighted by molar-refractivity contribution is 9.10. The van der Waals surface area contributed by atoms with Crippen molar-refractivity contribution in [3.8, 4) is 0 Å². The number of hydrazone groups is 1. The van der Waals surface area contributed by atoms with Gasteiger partial charge in [0.05, 0.1) is 6.21 Å². The van der Waals surface area contributed by atoms with Gasteiger partial charge in [-0.2, -0.15) is 5.10 Å². The normalized spacial score (nSPS) is 10.5. The summed E-state index contributed by atoms with van der Waals surface area (Å²) in [7, 11) is 0. The van der Waals surface area contributed by atoms with Crippen LogP contribution >= 0.6 is 15.9 Å². The van der Waals surface area contributed by atoms with Crippen molar-refractivity contribution < 1.29 is 14.0 Å². The highest BCUT2D eigenvalue weighted by Crippen LogP contribution is 2.09. The van der Waals surface area contributed by atoms with Gasteiger partial charge in [-0.1, -0.05) is 34.1 Å². The zero-order chi connectivity index (χ0) is 15.9. The van der Waals surface area contributed by atoms with Gasteiger partial charge in [-0.15, -0.1) is 0 Å². The molecule has 0 radical (unpaired) electrons. The fourth-order valence-corrected chi connectivity index (χ4v) is 1.78. The number of nitrogens with zero attached hydrogens (tertiary/aromatic N) is 1. The maximum absolute atomic E-state index is 13.0. The third kappa shape index (κ3) is 4.78. The molecule has 2 aromatic rings. The molecular weight excluding hydrogens is 353 g/mol. The predicted molar refractivity (Wildman–Crippen MR) is 84.9 cm³/mol. The molecule has 0 saturated heterocycles. The Morgan fingerprint density at radius 2 is 1.82 bits per heavy atom. The molecule has 0 bridgehead atoms. The van der Waals surface area contributed by atoms with E-state index in [1.54, 1.807) is 12.1 Å². The molecule has 0 heterocycles. The van der Waals surface area contributed by atoms with Crippen molar-refractivity contribution in [3.05, 3.63) is 64.4 Å². The van der Waals surface area contributed by atoms with Crippen molar-refractivity contribution in [2.24, 2.45) is 5.10 Å². The Morgan fingerprint density at radius 1 is 1.09 bits per heavy atom. The van der Waals surface area contributed by atoms with E-state index < -0.39 is 17.6 Å². The summed E-state index contributed by atoms with van der Waals surface area (Å²) in [5.74, 6) is -2.39. The van der Waals surface area contributed by atoms with Gasteiger partial charge in [0.2, 0.25) is 0 Å². The topological polar surface area (TPSA) is 70.6 Å². The quantitative estimate of drug-likeness (QED) is 0.500. The van der Waals surface area contributed by atoms with Gasteiger partial charge in [0.1, 0.15) is 5.82 Å². The Morgan fingerprint density at radius 3 is 2.50 bits per heavy atom. The van der Waals surface area contributed by atoms with E-state index in [-0.39, 0.29) is 5.69 Å². The van der Waals surface area contributed by atoms with Crippen LogP contribution in [-0.2, 0) is 9.59 Å². The molecule has 0 atom stereocenters. The summed E-state index contributed by atoms with van der Waals surface area (Å²) in [4.78, 5) is 23.1. The summed E-state index contributed by atoms with van der Waals surface area (Å²) < 4.78 is 13.9. The molecule has 0 fully saturated rings. The Balaban J connectivity index is 1.89. The van der Waals surface area contributed by atoms with Crippen LogP contribution in [0.15, 0.2) is 58.1 Å². The summed E-state index contributed by atoms with van der Waals surface area (Å²) in [6.45, 7) is 0. The smallest absolute Gasteiger partial charge is 0.318 e. The lowest BCUT2D eigenvalue weighted by Gasteiger charge is -2.03. The molecule has 0 spiro atoms. The number of amides is 2. The van der Waals surface area contributed by atoms with Gasteiger partial charge in [0.25, 0.3) is 0 Å². The molecule has 0 aromatic heterocycles. The predicted octanol–water partition coefficient (Wildman–Crippen LogP) is 2.68. The van der Waals surface area contributed by atoms with Crippen LogP contribution in [0, 0.1) is 5.82 Å². The van der Waals surface area contributed by atoms with Crippen LogP contribution in [-0.4, -0.2) is 18.0 Å². The van der Waals surface area contributed by atoms with E-state index >= 15 is 0 Å². The van der Waals surface area contributed by atoms with Crippen LogP contribution in [0.2, 0.25) is 0 Å². The first-order valence-electron chi connectivity index (χ1n) is 6.20. The largest absolute Gasteiger partial charge is 0.329 e. The Kier molecular flexibility index (Phi) is 5.37. The first-order chi connectivity index (χ1) is 10.5. The van der Waals surface area contributed by atoms with E-state index in [2.05, 4.69) is 31.8 Å². The van der Waals surface area contributed by atoms with Crippen molar-refractivity contribution in [2.45, 2.75) is 0 Å². The molecule has 0 aliphatic heterocycles. The van der Waals surface area contributed by atoms with E-state index in [9.17, 15) is 14.0 Å². The van der Waals surface area contributed by atoms with E-state index in [1.165, 1.54) is 24.4 Å². The molecule has 7 heteroatoms. The number of nitrogens with one attached hydrogen (secondary N) is 2. The van der Waals surface area contributed by atoms with Crippen LogP contribution in [0.4, 0.5) is 10.1 Å². The van der Waals surface area contributed by atoms with E-state index in [0.29, 0.717) is 0 Å². The van der Waals surface area contributed by atoms with Crippen molar-refractivity contribution in [3.63, 3.8) is 0 Å². The standard InChI is InChI=1S/C15H11BrFN3O2/c16-11-6-4-10(5-7-11)9-18-20-15(22)14(21)19-13-3-1-2-12(17)8-13/h1-9H,(H,19,21)(H,20,22)/b18-9+. The van der Waals surface area contributed by atoms with Gasteiger partial charge in [0, 0.05) is 10.2 Å². The summed E-state index contributed by atoms with van der Waals surface area (Å²) in [5.41, 5.74) is 3.04. The lowest BCUT2D eigenvalue weighted by molar-refractivity contribution is -0.136. The molecule has 2 N–H and O–H groups in total. The molecule has 2 aromatic carbocycles. The Labute approximate surface area is 134 Å². The molecule has 2 amide bonds. The van der Waals surface area contributed by atoms with Gasteiger partial charge < -0.3 is 5.32 Å². The van der Waals surface area contributed by atoms with Crippen LogP contribution in [0.5, 0.6) is 0 Å². The lowest BCUT2D eigenvalue weighted by Crippen LogP contribution is -2.32. The second-order valence-electron chi connectivity index (χ2n) is 4.22. The fourth-order valence-electron chi connectivity index (χ4n) is 1.52. The maximum atomic E-state index is 13.0. The monoisotopic (exact) mass is 363 g/mol. The van der Waals surface area contributed by atoms with Gasteiger partial charge >= 0.3 is 11.8 Å². The summed E-state index contributed by atoms with van der Waals surface area (Å²) in [6, 6.07) is 12.4. The number of hydrogen-bond donors (Lipinski definition) is 2. The average molecular weight is 364 g/mol. The first kappa shape index (κ1) is 15.8. The average Bonchev–Trinajstić information content (AvgIpc) is 2.49. The van der Waals surface area contributed by atoms with Crippen LogP contribution in [0.3, 0.4) is 0 Å². The molecule has 0 saturated carbocycles. The minimum Gasteiger partial charge on any atom is -0.318 e. The second-order valence-corrected chi connectivity index (χ2v) is 5.13. The number of rotatable bonds is 3. The minimum absolute atomic E-state index is 0.192. The van der Waals surface area contributed by atoms with Gasteiger partial charge in [-0.05, 0) is 35.9 Å². The molecular formula is C15H11BrFN3O2. The molecule has 5 nitrogen and oxygen atoms in total. The molecule has 0 unspecified atom stereocenters. The summed E-state index contributed by atoms with van der Waals surface area (Å²) >= 11 is 3.30.